The van der Waals surface area contributed by atoms with Gasteiger partial charge in [-0.05, 0) is 29.8 Å². The minimum Gasteiger partial charge on any atom is -0.496 e. The molecule has 166 valence electrons. The van der Waals surface area contributed by atoms with E-state index in [0.29, 0.717) is 17.9 Å². The van der Waals surface area contributed by atoms with E-state index in [-0.39, 0.29) is 12.7 Å². The third-order valence-electron chi connectivity index (χ3n) is 5.80. The Morgan fingerprint density at radius 3 is 2.88 bits per heavy atom. The third-order valence-corrected chi connectivity index (χ3v) is 5.80. The summed E-state index contributed by atoms with van der Waals surface area (Å²) in [6.45, 7) is 3.95. The molecule has 0 saturated heterocycles. The first-order valence-electron chi connectivity index (χ1n) is 10.6. The molecule has 3 heterocycles. The largest absolute Gasteiger partial charge is 0.496 e. The summed E-state index contributed by atoms with van der Waals surface area (Å²) in [5.74, 6) is 3.66. The second-order valence-electron chi connectivity index (χ2n) is 7.78. The summed E-state index contributed by atoms with van der Waals surface area (Å²) in [6.07, 6.45) is 0.804. The van der Waals surface area contributed by atoms with Crippen molar-refractivity contribution in [3.63, 3.8) is 0 Å². The fraction of sp³-hybridized carbons (Fsp3) is 0.348. The van der Waals surface area contributed by atoms with Crippen molar-refractivity contribution < 1.29 is 19.0 Å². The molecule has 0 radical (unpaired) electrons. The van der Waals surface area contributed by atoms with Crippen LogP contribution >= 0.6 is 0 Å². The Morgan fingerprint density at radius 2 is 1.97 bits per heavy atom. The molecule has 2 aliphatic heterocycles. The molecule has 2 aromatic carbocycles. The van der Waals surface area contributed by atoms with Crippen LogP contribution in [0.2, 0.25) is 0 Å². The topological polar surface area (TPSA) is 90.7 Å². The highest BCUT2D eigenvalue weighted by molar-refractivity contribution is 5.96. The number of methoxy groups -OCH3 is 1. The molecule has 0 spiro atoms. The van der Waals surface area contributed by atoms with Crippen molar-refractivity contribution in [3.8, 4) is 17.2 Å². The number of ether oxygens (including phenoxy) is 3. The summed E-state index contributed by atoms with van der Waals surface area (Å²) < 4.78 is 18.3. The van der Waals surface area contributed by atoms with Crippen molar-refractivity contribution in [2.24, 2.45) is 0 Å². The van der Waals surface area contributed by atoms with Gasteiger partial charge < -0.3 is 24.1 Å². The maximum absolute atomic E-state index is 12.6. The van der Waals surface area contributed by atoms with Crippen LogP contribution in [0.15, 0.2) is 42.5 Å². The highest BCUT2D eigenvalue weighted by Gasteiger charge is 2.21. The molecule has 1 N–H and O–H groups in total. The minimum atomic E-state index is -0.196. The maximum atomic E-state index is 12.6. The zero-order valence-corrected chi connectivity index (χ0v) is 17.9. The van der Waals surface area contributed by atoms with E-state index in [1.807, 2.05) is 24.3 Å². The van der Waals surface area contributed by atoms with Gasteiger partial charge in [-0.25, -0.2) is 0 Å². The first-order chi connectivity index (χ1) is 15.7. The fourth-order valence-corrected chi connectivity index (χ4v) is 4.10. The molecule has 0 unspecified atom stereocenters. The number of rotatable bonds is 6. The third kappa shape index (κ3) is 4.11. The van der Waals surface area contributed by atoms with E-state index in [1.54, 1.807) is 19.2 Å². The second-order valence-corrected chi connectivity index (χ2v) is 7.78. The van der Waals surface area contributed by atoms with E-state index in [2.05, 4.69) is 31.0 Å². The van der Waals surface area contributed by atoms with E-state index in [0.717, 1.165) is 55.7 Å². The normalized spacial score (nSPS) is 15.2. The Hall–Kier alpha value is -3.59. The van der Waals surface area contributed by atoms with Crippen LogP contribution in [0.25, 0.3) is 0 Å². The Balaban J connectivity index is 1.21. The molecule has 0 fully saturated rings. The summed E-state index contributed by atoms with van der Waals surface area (Å²) in [6, 6.07) is 13.3. The molecule has 0 aliphatic carbocycles. The first kappa shape index (κ1) is 20.3. The van der Waals surface area contributed by atoms with Gasteiger partial charge in [-0.15, -0.1) is 10.2 Å². The van der Waals surface area contributed by atoms with Crippen molar-refractivity contribution >= 4 is 5.91 Å². The van der Waals surface area contributed by atoms with Crippen LogP contribution in [-0.4, -0.2) is 52.6 Å². The Kier molecular flexibility index (Phi) is 5.64. The Labute approximate surface area is 185 Å². The van der Waals surface area contributed by atoms with Crippen LogP contribution in [0, 0.1) is 0 Å². The SMILES string of the molecule is COc1ccccc1C(=O)NCc1nnc2n1CCN(Cc1ccc3c(c1)OCO3)CC2. The summed E-state index contributed by atoms with van der Waals surface area (Å²) in [4.78, 5) is 15.0. The van der Waals surface area contributed by atoms with Gasteiger partial charge in [0.1, 0.15) is 11.6 Å². The van der Waals surface area contributed by atoms with Gasteiger partial charge in [-0.3, -0.25) is 9.69 Å². The minimum absolute atomic E-state index is 0.196. The van der Waals surface area contributed by atoms with Crippen LogP contribution in [0.1, 0.15) is 27.6 Å². The lowest BCUT2D eigenvalue weighted by atomic mass is 10.2. The van der Waals surface area contributed by atoms with Crippen molar-refractivity contribution in [2.45, 2.75) is 26.1 Å². The number of fused-ring (bicyclic) bond motifs is 2. The molecule has 3 aromatic rings. The lowest BCUT2D eigenvalue weighted by molar-refractivity contribution is 0.0946. The van der Waals surface area contributed by atoms with Crippen LogP contribution in [0.3, 0.4) is 0 Å². The molecule has 9 heteroatoms. The van der Waals surface area contributed by atoms with Crippen LogP contribution in [0.4, 0.5) is 0 Å². The smallest absolute Gasteiger partial charge is 0.255 e. The standard InChI is InChI=1S/C23H25N5O4/c1-30-18-5-3-2-4-17(18)23(29)24-13-22-26-25-21-8-9-27(10-11-28(21)22)14-16-6-7-19-20(12-16)32-15-31-19/h2-7,12H,8-11,13-15H2,1H3,(H,24,29). The quantitative estimate of drug-likeness (QED) is 0.633. The zero-order valence-electron chi connectivity index (χ0n) is 17.9. The summed E-state index contributed by atoms with van der Waals surface area (Å²) in [5.41, 5.74) is 1.69. The van der Waals surface area contributed by atoms with Gasteiger partial charge in [-0.2, -0.15) is 0 Å². The van der Waals surface area contributed by atoms with Crippen molar-refractivity contribution in [3.05, 3.63) is 65.2 Å². The number of carbonyl (C=O) groups is 1. The zero-order chi connectivity index (χ0) is 21.9. The fourth-order valence-electron chi connectivity index (χ4n) is 4.10. The molecule has 1 aromatic heterocycles. The summed E-state index contributed by atoms with van der Waals surface area (Å²) in [7, 11) is 1.56. The molecular formula is C23H25N5O4. The highest BCUT2D eigenvalue weighted by atomic mass is 16.7. The molecular weight excluding hydrogens is 410 g/mol. The molecule has 0 bridgehead atoms. The van der Waals surface area contributed by atoms with Gasteiger partial charge in [0, 0.05) is 32.6 Å². The number of nitrogens with one attached hydrogen (secondary N) is 1. The predicted octanol–water partition coefficient (Wildman–Crippen LogP) is 2.00. The predicted molar refractivity (Wildman–Crippen MR) is 116 cm³/mol. The molecule has 0 saturated carbocycles. The van der Waals surface area contributed by atoms with E-state index in [9.17, 15) is 4.79 Å². The first-order valence-corrected chi connectivity index (χ1v) is 10.6. The van der Waals surface area contributed by atoms with Crippen molar-refractivity contribution in [1.82, 2.24) is 25.0 Å². The number of hydrogen-bond donors (Lipinski definition) is 1. The van der Waals surface area contributed by atoms with E-state index in [1.165, 1.54) is 5.56 Å². The van der Waals surface area contributed by atoms with Crippen molar-refractivity contribution in [1.29, 1.82) is 0 Å². The van der Waals surface area contributed by atoms with Gasteiger partial charge in [0.15, 0.2) is 17.3 Å². The molecule has 32 heavy (non-hydrogen) atoms. The Morgan fingerprint density at radius 1 is 1.09 bits per heavy atom. The maximum Gasteiger partial charge on any atom is 0.255 e. The molecule has 2 aliphatic rings. The Bertz CT molecular complexity index is 1130. The number of benzene rings is 2. The van der Waals surface area contributed by atoms with E-state index < -0.39 is 0 Å². The van der Waals surface area contributed by atoms with Gasteiger partial charge in [0.05, 0.1) is 19.2 Å². The van der Waals surface area contributed by atoms with Crippen LogP contribution in [-0.2, 0) is 26.1 Å². The van der Waals surface area contributed by atoms with Gasteiger partial charge in [0.25, 0.3) is 5.91 Å². The van der Waals surface area contributed by atoms with E-state index in [4.69, 9.17) is 14.2 Å². The number of aromatic nitrogens is 3. The number of nitrogens with zero attached hydrogens (tertiary/aromatic N) is 4. The molecule has 0 atom stereocenters. The molecule has 1 amide bonds. The van der Waals surface area contributed by atoms with Gasteiger partial charge in [-0.1, -0.05) is 18.2 Å². The second kappa shape index (κ2) is 8.88. The van der Waals surface area contributed by atoms with E-state index >= 15 is 0 Å². The highest BCUT2D eigenvalue weighted by Crippen LogP contribution is 2.32. The van der Waals surface area contributed by atoms with Crippen LogP contribution in [0.5, 0.6) is 17.2 Å². The lowest BCUT2D eigenvalue weighted by Crippen LogP contribution is -2.28. The van der Waals surface area contributed by atoms with Crippen LogP contribution < -0.4 is 19.5 Å². The number of hydrogen-bond acceptors (Lipinski definition) is 7. The molecule has 5 rings (SSSR count). The van der Waals surface area contributed by atoms with Crippen molar-refractivity contribution in [2.75, 3.05) is 27.0 Å². The number of amides is 1. The molecule has 9 nitrogen and oxygen atoms in total. The monoisotopic (exact) mass is 435 g/mol. The summed E-state index contributed by atoms with van der Waals surface area (Å²) >= 11 is 0. The average Bonchev–Trinajstić information content (AvgIpc) is 3.40. The average molecular weight is 435 g/mol. The number of para-hydroxylation sites is 1. The lowest BCUT2D eigenvalue weighted by Gasteiger charge is -2.19. The van der Waals surface area contributed by atoms with Gasteiger partial charge >= 0.3 is 0 Å². The number of carbonyl (C=O) groups excluding carboxylic acids is 1. The summed E-state index contributed by atoms with van der Waals surface area (Å²) in [5, 5.41) is 11.6. The van der Waals surface area contributed by atoms with Gasteiger partial charge in [0.2, 0.25) is 6.79 Å².